The normalized spacial score (nSPS) is 11.0. The molecule has 4 aromatic rings. The molecule has 0 saturated carbocycles. The standard InChI is InChI=1S/C18H12BrFN4O/c19-16-14-9-10-22-18(21)24(14)17(23-16)11-5-7-12(8-6-11)25-15-4-2-1-3-13(15)20/h1-10H,(H2,21,22). The number of nitrogens with two attached hydrogens (primary N) is 1. The van der Waals surface area contributed by atoms with Crippen LogP contribution in [0.5, 0.6) is 11.5 Å². The van der Waals surface area contributed by atoms with Crippen LogP contribution in [0.4, 0.5) is 10.3 Å². The van der Waals surface area contributed by atoms with E-state index in [0.29, 0.717) is 22.1 Å². The van der Waals surface area contributed by atoms with Crippen LogP contribution in [0.25, 0.3) is 16.9 Å². The van der Waals surface area contributed by atoms with Crippen molar-refractivity contribution in [3.63, 3.8) is 0 Å². The zero-order chi connectivity index (χ0) is 17.4. The first-order valence-electron chi connectivity index (χ1n) is 7.45. The van der Waals surface area contributed by atoms with E-state index >= 15 is 0 Å². The van der Waals surface area contributed by atoms with Gasteiger partial charge >= 0.3 is 0 Å². The molecule has 2 heterocycles. The van der Waals surface area contributed by atoms with Crippen molar-refractivity contribution in [3.05, 3.63) is 71.2 Å². The molecular weight excluding hydrogens is 387 g/mol. The highest BCUT2D eigenvalue weighted by atomic mass is 79.9. The van der Waals surface area contributed by atoms with Gasteiger partial charge in [0.2, 0.25) is 5.95 Å². The Bertz CT molecular complexity index is 1060. The SMILES string of the molecule is Nc1nccc2c(Br)nc(-c3ccc(Oc4ccccc4F)cc3)n12. The van der Waals surface area contributed by atoms with E-state index < -0.39 is 5.82 Å². The van der Waals surface area contributed by atoms with E-state index in [9.17, 15) is 4.39 Å². The Balaban J connectivity index is 1.71. The fourth-order valence-electron chi connectivity index (χ4n) is 2.54. The van der Waals surface area contributed by atoms with Gasteiger partial charge in [0.05, 0.1) is 5.52 Å². The summed E-state index contributed by atoms with van der Waals surface area (Å²) < 4.78 is 21.7. The van der Waals surface area contributed by atoms with Gasteiger partial charge in [-0.05, 0) is 58.4 Å². The quantitative estimate of drug-likeness (QED) is 0.544. The van der Waals surface area contributed by atoms with Crippen LogP contribution in [0.3, 0.4) is 0 Å². The van der Waals surface area contributed by atoms with E-state index in [1.54, 1.807) is 40.9 Å². The molecule has 7 heteroatoms. The number of aromatic nitrogens is 3. The molecule has 0 radical (unpaired) electrons. The third kappa shape index (κ3) is 2.83. The highest BCUT2D eigenvalue weighted by molar-refractivity contribution is 9.10. The van der Waals surface area contributed by atoms with E-state index in [-0.39, 0.29) is 5.75 Å². The molecule has 0 spiro atoms. The molecule has 0 atom stereocenters. The highest BCUT2D eigenvalue weighted by Crippen LogP contribution is 2.30. The van der Waals surface area contributed by atoms with Crippen molar-refractivity contribution in [3.8, 4) is 22.9 Å². The van der Waals surface area contributed by atoms with Crippen molar-refractivity contribution < 1.29 is 9.13 Å². The van der Waals surface area contributed by atoms with Crippen LogP contribution in [0, 0.1) is 5.82 Å². The summed E-state index contributed by atoms with van der Waals surface area (Å²) in [6.45, 7) is 0. The van der Waals surface area contributed by atoms with Gasteiger partial charge in [-0.3, -0.25) is 4.40 Å². The third-order valence-electron chi connectivity index (χ3n) is 3.71. The van der Waals surface area contributed by atoms with E-state index in [4.69, 9.17) is 10.5 Å². The molecule has 0 aliphatic rings. The van der Waals surface area contributed by atoms with Crippen molar-refractivity contribution in [2.45, 2.75) is 0 Å². The Morgan fingerprint density at radius 1 is 1.04 bits per heavy atom. The lowest BCUT2D eigenvalue weighted by atomic mass is 10.2. The number of benzene rings is 2. The summed E-state index contributed by atoms with van der Waals surface area (Å²) in [5, 5.41) is 0. The molecule has 0 fully saturated rings. The summed E-state index contributed by atoms with van der Waals surface area (Å²) in [7, 11) is 0. The zero-order valence-electron chi connectivity index (χ0n) is 12.9. The predicted molar refractivity (Wildman–Crippen MR) is 97.0 cm³/mol. The lowest BCUT2D eigenvalue weighted by Gasteiger charge is -2.08. The second-order valence-corrected chi connectivity index (χ2v) is 6.06. The minimum Gasteiger partial charge on any atom is -0.454 e. The van der Waals surface area contributed by atoms with Crippen molar-refractivity contribution in [2.75, 3.05) is 5.73 Å². The Kier molecular flexibility index (Phi) is 3.85. The van der Waals surface area contributed by atoms with Crippen LogP contribution in [0.2, 0.25) is 0 Å². The largest absolute Gasteiger partial charge is 0.454 e. The van der Waals surface area contributed by atoms with Crippen LogP contribution < -0.4 is 10.5 Å². The molecule has 124 valence electrons. The number of rotatable bonds is 3. The van der Waals surface area contributed by atoms with Crippen LogP contribution in [-0.2, 0) is 0 Å². The number of para-hydroxylation sites is 1. The van der Waals surface area contributed by atoms with Gasteiger partial charge in [-0.2, -0.15) is 0 Å². The predicted octanol–water partition coefficient (Wildman–Crippen LogP) is 4.67. The van der Waals surface area contributed by atoms with Gasteiger partial charge < -0.3 is 10.5 Å². The van der Waals surface area contributed by atoms with Gasteiger partial charge in [-0.25, -0.2) is 14.4 Å². The minimum atomic E-state index is -0.409. The van der Waals surface area contributed by atoms with Crippen molar-refractivity contribution in [1.82, 2.24) is 14.4 Å². The lowest BCUT2D eigenvalue weighted by molar-refractivity contribution is 0.442. The Morgan fingerprint density at radius 3 is 2.56 bits per heavy atom. The number of hydrogen-bond acceptors (Lipinski definition) is 4. The third-order valence-corrected chi connectivity index (χ3v) is 4.30. The molecule has 0 aliphatic carbocycles. The van der Waals surface area contributed by atoms with E-state index in [1.807, 2.05) is 18.2 Å². The second kappa shape index (κ2) is 6.18. The van der Waals surface area contributed by atoms with Crippen LogP contribution >= 0.6 is 15.9 Å². The molecule has 0 bridgehead atoms. The maximum Gasteiger partial charge on any atom is 0.206 e. The Labute approximate surface area is 151 Å². The summed E-state index contributed by atoms with van der Waals surface area (Å²) >= 11 is 3.43. The summed E-state index contributed by atoms with van der Waals surface area (Å²) in [5.74, 6) is 1.30. The number of halogens is 2. The van der Waals surface area contributed by atoms with Gasteiger partial charge in [0.1, 0.15) is 16.2 Å². The number of fused-ring (bicyclic) bond motifs is 1. The molecule has 2 aromatic carbocycles. The van der Waals surface area contributed by atoms with E-state index in [1.165, 1.54) is 6.07 Å². The van der Waals surface area contributed by atoms with Crippen LogP contribution in [0.1, 0.15) is 0 Å². The number of nitrogen functional groups attached to an aromatic ring is 1. The van der Waals surface area contributed by atoms with Gasteiger partial charge in [0, 0.05) is 11.8 Å². The van der Waals surface area contributed by atoms with Crippen LogP contribution in [-0.4, -0.2) is 14.4 Å². The molecule has 0 aliphatic heterocycles. The number of imidazole rings is 1. The molecule has 0 amide bonds. The van der Waals surface area contributed by atoms with Crippen LogP contribution in [0.15, 0.2) is 65.4 Å². The van der Waals surface area contributed by atoms with Crippen molar-refractivity contribution in [2.24, 2.45) is 0 Å². The van der Waals surface area contributed by atoms with E-state index in [2.05, 4.69) is 25.9 Å². The van der Waals surface area contributed by atoms with Crippen molar-refractivity contribution in [1.29, 1.82) is 0 Å². The average molecular weight is 399 g/mol. The topological polar surface area (TPSA) is 65.4 Å². The minimum absolute atomic E-state index is 0.178. The maximum absolute atomic E-state index is 13.7. The number of anilines is 1. The fourth-order valence-corrected chi connectivity index (χ4v) is 3.02. The zero-order valence-corrected chi connectivity index (χ0v) is 14.4. The molecule has 2 N–H and O–H groups in total. The van der Waals surface area contributed by atoms with Gasteiger partial charge in [0.25, 0.3) is 0 Å². The molecule has 5 nitrogen and oxygen atoms in total. The summed E-state index contributed by atoms with van der Waals surface area (Å²) in [6, 6.07) is 15.3. The first-order chi connectivity index (χ1) is 12.1. The first kappa shape index (κ1) is 15.6. The number of ether oxygens (including phenoxy) is 1. The van der Waals surface area contributed by atoms with Crippen molar-refractivity contribution >= 4 is 27.4 Å². The summed E-state index contributed by atoms with van der Waals surface area (Å²) in [5.41, 5.74) is 7.64. The molecule has 2 aromatic heterocycles. The average Bonchev–Trinajstić information content (AvgIpc) is 2.96. The molecule has 4 rings (SSSR count). The first-order valence-corrected chi connectivity index (χ1v) is 8.24. The second-order valence-electron chi connectivity index (χ2n) is 5.31. The smallest absolute Gasteiger partial charge is 0.206 e. The summed E-state index contributed by atoms with van der Waals surface area (Å²) in [4.78, 5) is 8.61. The Morgan fingerprint density at radius 2 is 1.80 bits per heavy atom. The molecule has 0 saturated heterocycles. The Hall–Kier alpha value is -2.93. The number of nitrogens with zero attached hydrogens (tertiary/aromatic N) is 3. The number of hydrogen-bond donors (Lipinski definition) is 1. The molecule has 25 heavy (non-hydrogen) atoms. The molecular formula is C18H12BrFN4O. The van der Waals surface area contributed by atoms with Gasteiger partial charge in [-0.15, -0.1) is 0 Å². The van der Waals surface area contributed by atoms with E-state index in [0.717, 1.165) is 11.1 Å². The highest BCUT2D eigenvalue weighted by Gasteiger charge is 2.14. The summed E-state index contributed by atoms with van der Waals surface area (Å²) in [6.07, 6.45) is 1.63. The van der Waals surface area contributed by atoms with Gasteiger partial charge in [0.15, 0.2) is 11.6 Å². The van der Waals surface area contributed by atoms with Gasteiger partial charge in [-0.1, -0.05) is 12.1 Å². The lowest BCUT2D eigenvalue weighted by Crippen LogP contribution is -2.01. The monoisotopic (exact) mass is 398 g/mol. The maximum atomic E-state index is 13.7. The molecule has 0 unspecified atom stereocenters. The fraction of sp³-hybridized carbons (Fsp3) is 0.